The van der Waals surface area contributed by atoms with Crippen LogP contribution >= 0.6 is 11.6 Å². The van der Waals surface area contributed by atoms with Crippen LogP contribution in [-0.2, 0) is 9.53 Å². The van der Waals surface area contributed by atoms with Crippen LogP contribution in [0.3, 0.4) is 0 Å². The maximum atomic E-state index is 12.5. The molecule has 134 valence electrons. The molecule has 0 saturated heterocycles. The van der Waals surface area contributed by atoms with Crippen molar-refractivity contribution in [1.82, 2.24) is 4.90 Å². The summed E-state index contributed by atoms with van der Waals surface area (Å²) in [5, 5.41) is 10.5. The highest BCUT2D eigenvalue weighted by molar-refractivity contribution is 6.30. The van der Waals surface area contributed by atoms with E-state index in [0.29, 0.717) is 37.4 Å². The smallest absolute Gasteiger partial charge is 0.225 e. The van der Waals surface area contributed by atoms with Crippen molar-refractivity contribution in [3.05, 3.63) is 28.8 Å². The number of benzene rings is 1. The standard InChI is InChI=1S/C18H26ClNO4/c1-12-10-14(19)5-7-16(12)24-9-8-20(2)18(22)13-4-6-15(21)17(11-13)23-3/h5,7,10,13,15,17,21H,4,6,8-9,11H2,1-3H3. The van der Waals surface area contributed by atoms with E-state index < -0.39 is 6.10 Å². The molecular weight excluding hydrogens is 330 g/mol. The third kappa shape index (κ3) is 4.85. The fraction of sp³-hybridized carbons (Fsp3) is 0.611. The molecule has 0 heterocycles. The van der Waals surface area contributed by atoms with Crippen LogP contribution in [0.4, 0.5) is 0 Å². The van der Waals surface area contributed by atoms with Gasteiger partial charge in [-0.05, 0) is 49.9 Å². The molecule has 1 fully saturated rings. The first kappa shape index (κ1) is 19.0. The summed E-state index contributed by atoms with van der Waals surface area (Å²) in [6.45, 7) is 2.87. The lowest BCUT2D eigenvalue weighted by Gasteiger charge is -2.33. The number of carbonyl (C=O) groups excluding carboxylic acids is 1. The highest BCUT2D eigenvalue weighted by atomic mass is 35.5. The van der Waals surface area contributed by atoms with Gasteiger partial charge in [0.05, 0.1) is 18.8 Å². The fourth-order valence-corrected chi connectivity index (χ4v) is 3.31. The summed E-state index contributed by atoms with van der Waals surface area (Å²) in [7, 11) is 3.36. The number of aliphatic hydroxyl groups is 1. The molecule has 1 aliphatic carbocycles. The SMILES string of the molecule is COC1CC(C(=O)N(C)CCOc2ccc(Cl)cc2C)CCC1O. The van der Waals surface area contributed by atoms with E-state index in [4.69, 9.17) is 21.1 Å². The average molecular weight is 356 g/mol. The Balaban J connectivity index is 1.81. The maximum Gasteiger partial charge on any atom is 0.225 e. The molecule has 1 N–H and O–H groups in total. The first-order chi connectivity index (χ1) is 11.4. The topological polar surface area (TPSA) is 59.0 Å². The number of amides is 1. The Hall–Kier alpha value is -1.30. The van der Waals surface area contributed by atoms with Crippen molar-refractivity contribution in [3.8, 4) is 5.75 Å². The number of methoxy groups -OCH3 is 1. The van der Waals surface area contributed by atoms with Crippen molar-refractivity contribution in [2.75, 3.05) is 27.3 Å². The second kappa shape index (κ2) is 8.70. The van der Waals surface area contributed by atoms with Crippen molar-refractivity contribution >= 4 is 17.5 Å². The van der Waals surface area contributed by atoms with Gasteiger partial charge < -0.3 is 19.5 Å². The molecule has 6 heteroatoms. The van der Waals surface area contributed by atoms with Gasteiger partial charge in [0.2, 0.25) is 5.91 Å². The Morgan fingerprint density at radius 1 is 1.42 bits per heavy atom. The molecule has 1 aromatic rings. The highest BCUT2D eigenvalue weighted by Gasteiger charge is 2.34. The van der Waals surface area contributed by atoms with Crippen LogP contribution in [0.5, 0.6) is 5.75 Å². The lowest BCUT2D eigenvalue weighted by molar-refractivity contribution is -0.139. The van der Waals surface area contributed by atoms with E-state index in [0.717, 1.165) is 11.3 Å². The van der Waals surface area contributed by atoms with Crippen LogP contribution in [0.15, 0.2) is 18.2 Å². The second-order valence-corrected chi connectivity index (χ2v) is 6.81. The summed E-state index contributed by atoms with van der Waals surface area (Å²) in [5.74, 6) is 0.765. The summed E-state index contributed by atoms with van der Waals surface area (Å²) in [6.07, 6.45) is 1.14. The van der Waals surface area contributed by atoms with E-state index in [-0.39, 0.29) is 17.9 Å². The van der Waals surface area contributed by atoms with E-state index >= 15 is 0 Å². The van der Waals surface area contributed by atoms with Crippen LogP contribution in [0.25, 0.3) is 0 Å². The number of carbonyl (C=O) groups is 1. The number of nitrogens with zero attached hydrogens (tertiary/aromatic N) is 1. The Bertz CT molecular complexity index is 566. The molecule has 1 saturated carbocycles. The van der Waals surface area contributed by atoms with E-state index in [9.17, 15) is 9.90 Å². The van der Waals surface area contributed by atoms with Crippen molar-refractivity contribution in [3.63, 3.8) is 0 Å². The molecule has 1 amide bonds. The number of rotatable bonds is 6. The number of aliphatic hydroxyl groups excluding tert-OH is 1. The van der Waals surface area contributed by atoms with Gasteiger partial charge in [0.25, 0.3) is 0 Å². The quantitative estimate of drug-likeness (QED) is 0.852. The molecule has 24 heavy (non-hydrogen) atoms. The van der Waals surface area contributed by atoms with Crippen LogP contribution in [0.1, 0.15) is 24.8 Å². The molecule has 0 aliphatic heterocycles. The van der Waals surface area contributed by atoms with E-state index in [1.54, 1.807) is 25.1 Å². The van der Waals surface area contributed by atoms with Crippen LogP contribution < -0.4 is 4.74 Å². The summed E-state index contributed by atoms with van der Waals surface area (Å²) in [6, 6.07) is 5.48. The third-order valence-corrected chi connectivity index (χ3v) is 4.84. The Morgan fingerprint density at radius 2 is 2.17 bits per heavy atom. The zero-order chi connectivity index (χ0) is 17.7. The second-order valence-electron chi connectivity index (χ2n) is 6.37. The van der Waals surface area contributed by atoms with E-state index in [2.05, 4.69) is 0 Å². The maximum absolute atomic E-state index is 12.5. The normalized spacial score (nSPS) is 23.8. The molecule has 1 aliphatic rings. The number of aryl methyl sites for hydroxylation is 1. The zero-order valence-electron chi connectivity index (χ0n) is 14.5. The minimum atomic E-state index is -0.472. The van der Waals surface area contributed by atoms with Gasteiger partial charge in [-0.15, -0.1) is 0 Å². The summed E-state index contributed by atoms with van der Waals surface area (Å²) >= 11 is 5.93. The Labute approximate surface area is 148 Å². The van der Waals surface area contributed by atoms with Gasteiger partial charge in [-0.3, -0.25) is 4.79 Å². The molecule has 0 spiro atoms. The van der Waals surface area contributed by atoms with Crippen LogP contribution in [-0.4, -0.2) is 55.4 Å². The molecule has 5 nitrogen and oxygen atoms in total. The number of ether oxygens (including phenoxy) is 2. The van der Waals surface area contributed by atoms with Gasteiger partial charge in [-0.25, -0.2) is 0 Å². The lowest BCUT2D eigenvalue weighted by atomic mass is 9.84. The van der Waals surface area contributed by atoms with Gasteiger partial charge in [0.15, 0.2) is 0 Å². The number of hydrogen-bond acceptors (Lipinski definition) is 4. The summed E-state index contributed by atoms with van der Waals surface area (Å²) in [4.78, 5) is 14.2. The van der Waals surface area contributed by atoms with Gasteiger partial charge in [-0.2, -0.15) is 0 Å². The first-order valence-corrected chi connectivity index (χ1v) is 8.65. The molecule has 2 rings (SSSR count). The van der Waals surface area contributed by atoms with Crippen LogP contribution in [0, 0.1) is 12.8 Å². The van der Waals surface area contributed by atoms with Gasteiger partial charge in [0.1, 0.15) is 12.4 Å². The lowest BCUT2D eigenvalue weighted by Crippen LogP contribution is -2.43. The average Bonchev–Trinajstić information content (AvgIpc) is 2.56. The number of likely N-dealkylation sites (N-methyl/N-ethyl adjacent to an activating group) is 1. The van der Waals surface area contributed by atoms with Crippen LogP contribution in [0.2, 0.25) is 5.02 Å². The number of hydrogen-bond donors (Lipinski definition) is 1. The summed E-state index contributed by atoms with van der Waals surface area (Å²) in [5.41, 5.74) is 0.973. The Kier molecular flexibility index (Phi) is 6.90. The predicted octanol–water partition coefficient (Wildman–Crippen LogP) is 2.66. The molecule has 1 aromatic carbocycles. The molecular formula is C18H26ClNO4. The summed E-state index contributed by atoms with van der Waals surface area (Å²) < 4.78 is 11.0. The van der Waals surface area contributed by atoms with Crippen molar-refractivity contribution < 1.29 is 19.4 Å². The third-order valence-electron chi connectivity index (χ3n) is 4.61. The minimum absolute atomic E-state index is 0.0837. The number of halogens is 1. The largest absolute Gasteiger partial charge is 0.491 e. The molecule has 0 bridgehead atoms. The molecule has 3 atom stereocenters. The minimum Gasteiger partial charge on any atom is -0.491 e. The van der Waals surface area contributed by atoms with Crippen molar-refractivity contribution in [2.45, 2.75) is 38.4 Å². The predicted molar refractivity (Wildman–Crippen MR) is 93.5 cm³/mol. The van der Waals surface area contributed by atoms with Gasteiger partial charge >= 0.3 is 0 Å². The van der Waals surface area contributed by atoms with Crippen molar-refractivity contribution in [2.24, 2.45) is 5.92 Å². The first-order valence-electron chi connectivity index (χ1n) is 8.27. The molecule has 0 aromatic heterocycles. The van der Waals surface area contributed by atoms with Crippen molar-refractivity contribution in [1.29, 1.82) is 0 Å². The fourth-order valence-electron chi connectivity index (χ4n) is 3.08. The molecule has 3 unspecified atom stereocenters. The van der Waals surface area contributed by atoms with E-state index in [1.165, 1.54) is 0 Å². The molecule has 0 radical (unpaired) electrons. The van der Waals surface area contributed by atoms with Gasteiger partial charge in [0, 0.05) is 25.1 Å². The van der Waals surface area contributed by atoms with E-state index in [1.807, 2.05) is 19.1 Å². The highest BCUT2D eigenvalue weighted by Crippen LogP contribution is 2.28. The zero-order valence-corrected chi connectivity index (χ0v) is 15.3. The monoisotopic (exact) mass is 355 g/mol. The van der Waals surface area contributed by atoms with Gasteiger partial charge in [-0.1, -0.05) is 11.6 Å². The Morgan fingerprint density at radius 3 is 2.83 bits per heavy atom.